The summed E-state index contributed by atoms with van der Waals surface area (Å²) in [5, 5.41) is 2.73. The molecule has 88 valence electrons. The molecule has 16 heavy (non-hydrogen) atoms. The second-order valence-electron chi connectivity index (χ2n) is 3.38. The molecule has 1 amide bonds. The fourth-order valence-electron chi connectivity index (χ4n) is 1.31. The smallest absolute Gasteiger partial charge is 0.241 e. The molecule has 0 heterocycles. The van der Waals surface area contributed by atoms with E-state index in [0.717, 1.165) is 5.56 Å². The molecule has 0 aliphatic carbocycles. The first-order valence-corrected chi connectivity index (χ1v) is 5.41. The van der Waals surface area contributed by atoms with Gasteiger partial charge in [0.15, 0.2) is 0 Å². The largest absolute Gasteiger partial charge is 0.380 e. The second-order valence-corrected chi connectivity index (χ2v) is 3.38. The van der Waals surface area contributed by atoms with E-state index in [-0.39, 0.29) is 5.91 Å². The van der Waals surface area contributed by atoms with Gasteiger partial charge in [0, 0.05) is 13.2 Å². The van der Waals surface area contributed by atoms with Crippen LogP contribution >= 0.6 is 0 Å². The first-order valence-electron chi connectivity index (χ1n) is 5.41. The maximum Gasteiger partial charge on any atom is 0.241 e. The van der Waals surface area contributed by atoms with Crippen LogP contribution < -0.4 is 11.1 Å². The van der Waals surface area contributed by atoms with Crippen LogP contribution in [-0.4, -0.2) is 25.7 Å². The van der Waals surface area contributed by atoms with E-state index in [2.05, 4.69) is 5.32 Å². The zero-order valence-electron chi connectivity index (χ0n) is 9.48. The summed E-state index contributed by atoms with van der Waals surface area (Å²) in [5.74, 6) is -0.175. The number of amides is 1. The van der Waals surface area contributed by atoms with Crippen molar-refractivity contribution in [3.05, 3.63) is 35.9 Å². The Morgan fingerprint density at radius 2 is 2.12 bits per heavy atom. The van der Waals surface area contributed by atoms with Gasteiger partial charge in [0.05, 0.1) is 6.61 Å². The fraction of sp³-hybridized carbons (Fsp3) is 0.417. The van der Waals surface area contributed by atoms with Gasteiger partial charge in [0.25, 0.3) is 0 Å². The number of carbonyl (C=O) groups excluding carboxylic acids is 1. The van der Waals surface area contributed by atoms with Gasteiger partial charge in [0.1, 0.15) is 6.04 Å². The number of benzene rings is 1. The van der Waals surface area contributed by atoms with Gasteiger partial charge >= 0.3 is 0 Å². The van der Waals surface area contributed by atoms with Crippen LogP contribution in [0.2, 0.25) is 0 Å². The number of carbonyl (C=O) groups is 1. The van der Waals surface area contributed by atoms with Crippen molar-refractivity contribution >= 4 is 5.91 Å². The van der Waals surface area contributed by atoms with Gasteiger partial charge in [-0.1, -0.05) is 30.3 Å². The number of hydrogen-bond acceptors (Lipinski definition) is 3. The molecule has 1 aromatic rings. The van der Waals surface area contributed by atoms with E-state index in [4.69, 9.17) is 10.5 Å². The molecule has 0 spiro atoms. The predicted molar refractivity (Wildman–Crippen MR) is 62.9 cm³/mol. The first-order chi connectivity index (χ1) is 7.75. The molecule has 0 aromatic heterocycles. The van der Waals surface area contributed by atoms with E-state index in [1.807, 2.05) is 37.3 Å². The molecule has 1 rings (SSSR count). The quantitative estimate of drug-likeness (QED) is 0.701. The summed E-state index contributed by atoms with van der Waals surface area (Å²) >= 11 is 0. The molecule has 0 fully saturated rings. The first kappa shape index (κ1) is 12.7. The van der Waals surface area contributed by atoms with Crippen LogP contribution in [0.4, 0.5) is 0 Å². The van der Waals surface area contributed by atoms with Crippen molar-refractivity contribution in [1.82, 2.24) is 5.32 Å². The molecule has 1 atom stereocenters. The molecule has 0 bridgehead atoms. The van der Waals surface area contributed by atoms with E-state index < -0.39 is 6.04 Å². The van der Waals surface area contributed by atoms with Gasteiger partial charge in [-0.2, -0.15) is 0 Å². The Morgan fingerprint density at radius 1 is 1.44 bits per heavy atom. The number of ether oxygens (including phenoxy) is 1. The predicted octanol–water partition coefficient (Wildman–Crippen LogP) is 0.839. The summed E-state index contributed by atoms with van der Waals surface area (Å²) in [4.78, 5) is 11.6. The number of hydrogen-bond donors (Lipinski definition) is 2. The minimum Gasteiger partial charge on any atom is -0.380 e. The summed E-state index contributed by atoms with van der Waals surface area (Å²) in [7, 11) is 0. The Labute approximate surface area is 95.8 Å². The number of rotatable bonds is 6. The van der Waals surface area contributed by atoms with Crippen molar-refractivity contribution in [3.8, 4) is 0 Å². The minimum absolute atomic E-state index is 0.175. The van der Waals surface area contributed by atoms with Crippen molar-refractivity contribution in [2.75, 3.05) is 19.8 Å². The lowest BCUT2D eigenvalue weighted by atomic mass is 10.1. The molecule has 0 aliphatic heterocycles. The van der Waals surface area contributed by atoms with Crippen LogP contribution in [0.3, 0.4) is 0 Å². The summed E-state index contributed by atoms with van der Waals surface area (Å²) in [6.45, 7) is 3.58. The standard InChI is InChI=1S/C12H18N2O2/c1-2-16-9-8-14-12(15)11(13)10-6-4-3-5-7-10/h3-7,11H,2,8-9,13H2,1H3,(H,14,15)/t11-/m1/s1. The number of nitrogens with two attached hydrogens (primary N) is 1. The maximum absolute atomic E-state index is 11.6. The summed E-state index contributed by atoms with van der Waals surface area (Å²) in [5.41, 5.74) is 6.62. The van der Waals surface area contributed by atoms with E-state index in [0.29, 0.717) is 19.8 Å². The van der Waals surface area contributed by atoms with Crippen LogP contribution in [0, 0.1) is 0 Å². The summed E-state index contributed by atoms with van der Waals surface area (Å²) in [6.07, 6.45) is 0. The van der Waals surface area contributed by atoms with Crippen molar-refractivity contribution in [1.29, 1.82) is 0 Å². The van der Waals surface area contributed by atoms with Gasteiger partial charge in [-0.15, -0.1) is 0 Å². The molecule has 0 saturated heterocycles. The van der Waals surface area contributed by atoms with Gasteiger partial charge in [-0.3, -0.25) is 4.79 Å². The molecular weight excluding hydrogens is 204 g/mol. The highest BCUT2D eigenvalue weighted by atomic mass is 16.5. The molecule has 0 radical (unpaired) electrons. The van der Waals surface area contributed by atoms with Gasteiger partial charge in [0.2, 0.25) is 5.91 Å². The van der Waals surface area contributed by atoms with E-state index >= 15 is 0 Å². The zero-order valence-corrected chi connectivity index (χ0v) is 9.48. The monoisotopic (exact) mass is 222 g/mol. The van der Waals surface area contributed by atoms with E-state index in [9.17, 15) is 4.79 Å². The third kappa shape index (κ3) is 4.00. The molecule has 0 saturated carbocycles. The van der Waals surface area contributed by atoms with Gasteiger partial charge in [-0.05, 0) is 12.5 Å². The van der Waals surface area contributed by atoms with Crippen molar-refractivity contribution in [3.63, 3.8) is 0 Å². The second kappa shape index (κ2) is 6.98. The Balaban J connectivity index is 2.37. The van der Waals surface area contributed by atoms with Gasteiger partial charge < -0.3 is 15.8 Å². The SMILES string of the molecule is CCOCCNC(=O)[C@H](N)c1ccccc1. The van der Waals surface area contributed by atoms with E-state index in [1.54, 1.807) is 0 Å². The highest BCUT2D eigenvalue weighted by Crippen LogP contribution is 2.08. The third-order valence-electron chi connectivity index (χ3n) is 2.19. The summed E-state index contributed by atoms with van der Waals surface area (Å²) in [6, 6.07) is 8.69. The van der Waals surface area contributed by atoms with Crippen molar-refractivity contribution in [2.24, 2.45) is 5.73 Å². The number of nitrogens with one attached hydrogen (secondary N) is 1. The lowest BCUT2D eigenvalue weighted by molar-refractivity contribution is -0.122. The molecule has 4 nitrogen and oxygen atoms in total. The Kier molecular flexibility index (Phi) is 5.53. The Hall–Kier alpha value is -1.39. The molecule has 0 unspecified atom stereocenters. The van der Waals surface area contributed by atoms with Crippen LogP contribution in [0.15, 0.2) is 30.3 Å². The highest BCUT2D eigenvalue weighted by Gasteiger charge is 2.14. The van der Waals surface area contributed by atoms with Crippen molar-refractivity contribution < 1.29 is 9.53 Å². The summed E-state index contributed by atoms with van der Waals surface area (Å²) < 4.78 is 5.11. The van der Waals surface area contributed by atoms with Crippen LogP contribution in [0.25, 0.3) is 0 Å². The molecule has 0 aliphatic rings. The lowest BCUT2D eigenvalue weighted by Crippen LogP contribution is -2.35. The van der Waals surface area contributed by atoms with Crippen LogP contribution in [-0.2, 0) is 9.53 Å². The molecular formula is C12H18N2O2. The Bertz CT molecular complexity index is 314. The average Bonchev–Trinajstić information content (AvgIpc) is 2.34. The fourth-order valence-corrected chi connectivity index (χ4v) is 1.31. The topological polar surface area (TPSA) is 64.3 Å². The average molecular weight is 222 g/mol. The molecule has 3 N–H and O–H groups in total. The van der Waals surface area contributed by atoms with Crippen LogP contribution in [0.1, 0.15) is 18.5 Å². The third-order valence-corrected chi connectivity index (χ3v) is 2.19. The zero-order chi connectivity index (χ0) is 11.8. The molecule has 1 aromatic carbocycles. The minimum atomic E-state index is -0.608. The van der Waals surface area contributed by atoms with E-state index in [1.165, 1.54) is 0 Å². The van der Waals surface area contributed by atoms with Crippen molar-refractivity contribution in [2.45, 2.75) is 13.0 Å². The van der Waals surface area contributed by atoms with Crippen LogP contribution in [0.5, 0.6) is 0 Å². The lowest BCUT2D eigenvalue weighted by Gasteiger charge is -2.12. The highest BCUT2D eigenvalue weighted by molar-refractivity contribution is 5.82. The molecule has 4 heteroatoms. The van der Waals surface area contributed by atoms with Gasteiger partial charge in [-0.25, -0.2) is 0 Å². The normalized spacial score (nSPS) is 12.1. The maximum atomic E-state index is 11.6. The Morgan fingerprint density at radius 3 is 2.75 bits per heavy atom.